The number of halogens is 1. The summed E-state index contributed by atoms with van der Waals surface area (Å²) in [4.78, 5) is 0. The van der Waals surface area contributed by atoms with Crippen LogP contribution in [0.4, 0.5) is 5.82 Å². The van der Waals surface area contributed by atoms with Crippen LogP contribution in [-0.4, -0.2) is 16.8 Å². The van der Waals surface area contributed by atoms with Crippen LogP contribution in [0, 0.1) is 6.07 Å². The Morgan fingerprint density at radius 1 is 1.35 bits per heavy atom. The number of aromatic nitrogens is 2. The molecule has 4 nitrogen and oxygen atoms in total. The van der Waals surface area contributed by atoms with Crippen molar-refractivity contribution in [1.29, 1.82) is 0 Å². The molecule has 0 aliphatic heterocycles. The van der Waals surface area contributed by atoms with Crippen molar-refractivity contribution >= 4 is 17.4 Å². The highest BCUT2D eigenvalue weighted by Crippen LogP contribution is 2.20. The molecule has 0 atom stereocenters. The Balaban J connectivity index is 1.92. The van der Waals surface area contributed by atoms with E-state index in [1.54, 1.807) is 6.07 Å². The minimum absolute atomic E-state index is 0.242. The summed E-state index contributed by atoms with van der Waals surface area (Å²) in [6.07, 6.45) is 0.750. The zero-order valence-electron chi connectivity index (χ0n) is 9.06. The SMILES string of the molecule is Nc1nnc(Cl)cc1OCCc1[c]cccc1. The average molecular weight is 249 g/mol. The van der Waals surface area contributed by atoms with Gasteiger partial charge >= 0.3 is 0 Å². The van der Waals surface area contributed by atoms with E-state index in [9.17, 15) is 0 Å². The fourth-order valence-corrected chi connectivity index (χ4v) is 1.47. The molecule has 2 aromatic rings. The third-order valence-corrected chi connectivity index (χ3v) is 2.34. The fraction of sp³-hybridized carbons (Fsp3) is 0.167. The van der Waals surface area contributed by atoms with E-state index >= 15 is 0 Å². The lowest BCUT2D eigenvalue weighted by atomic mass is 10.2. The van der Waals surface area contributed by atoms with Crippen molar-refractivity contribution in [3.63, 3.8) is 0 Å². The first-order chi connectivity index (χ1) is 8.25. The monoisotopic (exact) mass is 248 g/mol. The van der Waals surface area contributed by atoms with Gasteiger partial charge in [-0.15, -0.1) is 10.2 Å². The molecular formula is C12H11ClN3O. The van der Waals surface area contributed by atoms with Gasteiger partial charge in [0.15, 0.2) is 16.7 Å². The molecule has 0 aliphatic rings. The molecule has 0 amide bonds. The first-order valence-electron chi connectivity index (χ1n) is 5.13. The molecule has 0 aliphatic carbocycles. The van der Waals surface area contributed by atoms with E-state index in [2.05, 4.69) is 16.3 Å². The van der Waals surface area contributed by atoms with Gasteiger partial charge in [0, 0.05) is 12.5 Å². The Hall–Kier alpha value is -1.81. The number of nitrogens with two attached hydrogens (primary N) is 1. The first-order valence-corrected chi connectivity index (χ1v) is 5.50. The van der Waals surface area contributed by atoms with Crippen molar-refractivity contribution in [2.45, 2.75) is 6.42 Å². The molecule has 2 rings (SSSR count). The first kappa shape index (κ1) is 11.7. The molecule has 87 valence electrons. The van der Waals surface area contributed by atoms with Crippen LogP contribution >= 0.6 is 11.6 Å². The van der Waals surface area contributed by atoms with Gasteiger partial charge in [-0.05, 0) is 11.6 Å². The van der Waals surface area contributed by atoms with Gasteiger partial charge in [0.05, 0.1) is 6.61 Å². The highest BCUT2D eigenvalue weighted by molar-refractivity contribution is 6.29. The van der Waals surface area contributed by atoms with Crippen molar-refractivity contribution in [3.05, 3.63) is 47.1 Å². The number of ether oxygens (including phenoxy) is 1. The van der Waals surface area contributed by atoms with Crippen LogP contribution in [0.25, 0.3) is 0 Å². The molecule has 1 aromatic heterocycles. The van der Waals surface area contributed by atoms with Gasteiger partial charge in [-0.1, -0.05) is 35.9 Å². The Morgan fingerprint density at radius 2 is 2.24 bits per heavy atom. The van der Waals surface area contributed by atoms with Crippen molar-refractivity contribution in [2.24, 2.45) is 0 Å². The van der Waals surface area contributed by atoms with E-state index in [4.69, 9.17) is 22.1 Å². The summed E-state index contributed by atoms with van der Waals surface area (Å²) in [5.41, 5.74) is 6.69. The van der Waals surface area contributed by atoms with Crippen molar-refractivity contribution in [1.82, 2.24) is 10.2 Å². The summed E-state index contributed by atoms with van der Waals surface area (Å²) in [6.45, 7) is 0.493. The largest absolute Gasteiger partial charge is 0.489 e. The van der Waals surface area contributed by atoms with E-state index in [0.717, 1.165) is 12.0 Å². The summed E-state index contributed by atoms with van der Waals surface area (Å²) < 4.78 is 5.49. The number of nitrogens with zero attached hydrogens (tertiary/aromatic N) is 2. The number of nitrogen functional groups attached to an aromatic ring is 1. The predicted octanol–water partition coefficient (Wildman–Crippen LogP) is 2.13. The second-order valence-electron chi connectivity index (χ2n) is 3.40. The molecule has 1 radical (unpaired) electrons. The average Bonchev–Trinajstić information content (AvgIpc) is 2.35. The molecule has 0 saturated carbocycles. The summed E-state index contributed by atoms with van der Waals surface area (Å²) in [5.74, 6) is 0.701. The maximum Gasteiger partial charge on any atom is 0.188 e. The molecule has 0 fully saturated rings. The molecule has 0 spiro atoms. The topological polar surface area (TPSA) is 61.0 Å². The quantitative estimate of drug-likeness (QED) is 0.901. The second-order valence-corrected chi connectivity index (χ2v) is 3.79. The van der Waals surface area contributed by atoms with Crippen molar-refractivity contribution in [3.8, 4) is 5.75 Å². The normalized spacial score (nSPS) is 10.2. The minimum Gasteiger partial charge on any atom is -0.489 e. The highest BCUT2D eigenvalue weighted by atomic mass is 35.5. The van der Waals surface area contributed by atoms with Crippen LogP contribution in [-0.2, 0) is 6.42 Å². The van der Waals surface area contributed by atoms with E-state index in [1.165, 1.54) is 0 Å². The van der Waals surface area contributed by atoms with Gasteiger partial charge in [0.25, 0.3) is 0 Å². The number of benzene rings is 1. The zero-order valence-corrected chi connectivity index (χ0v) is 9.81. The Morgan fingerprint density at radius 3 is 3.00 bits per heavy atom. The standard InChI is InChI=1S/C12H11ClN3O/c13-11-8-10(12(14)16-15-11)17-7-6-9-4-2-1-3-5-9/h1-4,8H,6-7H2,(H2,14,16). The summed E-state index contributed by atoms with van der Waals surface area (Å²) in [5, 5.41) is 7.54. The Kier molecular flexibility index (Phi) is 3.77. The summed E-state index contributed by atoms with van der Waals surface area (Å²) >= 11 is 5.70. The van der Waals surface area contributed by atoms with E-state index in [1.807, 2.05) is 24.3 Å². The lowest BCUT2D eigenvalue weighted by Gasteiger charge is -2.07. The van der Waals surface area contributed by atoms with E-state index in [-0.39, 0.29) is 11.0 Å². The number of rotatable bonds is 4. The molecule has 1 aromatic carbocycles. The lowest BCUT2D eigenvalue weighted by Crippen LogP contribution is -2.05. The van der Waals surface area contributed by atoms with Gasteiger partial charge in [0.2, 0.25) is 0 Å². The maximum absolute atomic E-state index is 5.70. The van der Waals surface area contributed by atoms with Crippen LogP contribution < -0.4 is 10.5 Å². The van der Waals surface area contributed by atoms with Crippen LogP contribution in [0.2, 0.25) is 5.15 Å². The third-order valence-electron chi connectivity index (χ3n) is 2.16. The van der Waals surface area contributed by atoms with Gasteiger partial charge in [0.1, 0.15) is 0 Å². The third kappa shape index (κ3) is 3.32. The van der Waals surface area contributed by atoms with Crippen molar-refractivity contribution in [2.75, 3.05) is 12.3 Å². The van der Waals surface area contributed by atoms with Gasteiger partial charge in [-0.25, -0.2) is 0 Å². The highest BCUT2D eigenvalue weighted by Gasteiger charge is 2.04. The number of anilines is 1. The van der Waals surface area contributed by atoms with Crippen LogP contribution in [0.15, 0.2) is 30.3 Å². The molecule has 17 heavy (non-hydrogen) atoms. The summed E-state index contributed by atoms with van der Waals surface area (Å²) in [6, 6.07) is 12.4. The Bertz CT molecular complexity index is 490. The van der Waals surface area contributed by atoms with E-state index in [0.29, 0.717) is 12.4 Å². The smallest absolute Gasteiger partial charge is 0.188 e. The van der Waals surface area contributed by atoms with E-state index < -0.39 is 0 Å². The van der Waals surface area contributed by atoms with Crippen LogP contribution in [0.3, 0.4) is 0 Å². The molecule has 0 bridgehead atoms. The molecule has 2 N–H and O–H groups in total. The molecule has 0 unspecified atom stereocenters. The van der Waals surface area contributed by atoms with Gasteiger partial charge < -0.3 is 10.5 Å². The molecule has 5 heteroatoms. The maximum atomic E-state index is 5.70. The fourth-order valence-electron chi connectivity index (χ4n) is 1.33. The summed E-state index contributed by atoms with van der Waals surface area (Å²) in [7, 11) is 0. The Labute approximate surface area is 104 Å². The van der Waals surface area contributed by atoms with Crippen LogP contribution in [0.5, 0.6) is 5.75 Å². The van der Waals surface area contributed by atoms with Gasteiger partial charge in [-0.2, -0.15) is 0 Å². The van der Waals surface area contributed by atoms with Crippen LogP contribution in [0.1, 0.15) is 5.56 Å². The second kappa shape index (κ2) is 5.50. The zero-order chi connectivity index (χ0) is 12.1. The number of hydrogen-bond donors (Lipinski definition) is 1. The van der Waals surface area contributed by atoms with Crippen molar-refractivity contribution < 1.29 is 4.74 Å². The predicted molar refractivity (Wildman–Crippen MR) is 65.9 cm³/mol. The molecule has 1 heterocycles. The minimum atomic E-state index is 0.242. The molecular weight excluding hydrogens is 238 g/mol. The lowest BCUT2D eigenvalue weighted by molar-refractivity contribution is 0.322. The molecule has 0 saturated heterocycles. The number of hydrogen-bond acceptors (Lipinski definition) is 4. The van der Waals surface area contributed by atoms with Gasteiger partial charge in [-0.3, -0.25) is 0 Å².